The smallest absolute Gasteiger partial charge is 0.322 e. The number of halogens is 4. The normalized spacial score (nSPS) is 11.6. The molecule has 0 aliphatic rings. The number of carbonyl (C=O) groups is 1. The Morgan fingerprint density at radius 2 is 1.74 bits per heavy atom. The molecule has 4 aromatic rings. The summed E-state index contributed by atoms with van der Waals surface area (Å²) in [6.45, 7) is 1.40. The van der Waals surface area contributed by atoms with E-state index in [0.29, 0.717) is 15.2 Å². The molecule has 2 aromatic heterocycles. The monoisotopic (exact) mass is 446 g/mol. The molecule has 0 atom stereocenters. The summed E-state index contributed by atoms with van der Waals surface area (Å²) in [6.07, 6.45) is -4.77. The molecule has 10 heteroatoms. The van der Waals surface area contributed by atoms with Crippen molar-refractivity contribution in [2.75, 3.05) is 5.32 Å². The van der Waals surface area contributed by atoms with E-state index in [-0.39, 0.29) is 28.0 Å². The van der Waals surface area contributed by atoms with E-state index in [0.717, 1.165) is 0 Å². The van der Waals surface area contributed by atoms with E-state index in [1.54, 1.807) is 30.3 Å². The molecule has 158 valence electrons. The van der Waals surface area contributed by atoms with Crippen LogP contribution in [0.15, 0.2) is 59.4 Å². The zero-order valence-electron chi connectivity index (χ0n) is 15.9. The van der Waals surface area contributed by atoms with Crippen LogP contribution in [0.1, 0.15) is 21.7 Å². The van der Waals surface area contributed by atoms with Gasteiger partial charge in [0.25, 0.3) is 11.5 Å². The Labute approximate surface area is 178 Å². The molecule has 0 bridgehead atoms. The van der Waals surface area contributed by atoms with Crippen molar-refractivity contribution in [2.45, 2.75) is 13.1 Å². The van der Waals surface area contributed by atoms with Gasteiger partial charge in [-0.2, -0.15) is 17.7 Å². The van der Waals surface area contributed by atoms with Crippen LogP contribution in [0.5, 0.6) is 0 Å². The van der Waals surface area contributed by atoms with E-state index in [4.69, 9.17) is 11.6 Å². The largest absolute Gasteiger partial charge is 0.433 e. The van der Waals surface area contributed by atoms with Gasteiger partial charge in [0.1, 0.15) is 11.3 Å². The number of alkyl halides is 3. The number of aryl methyl sites for hydroxylation is 1. The van der Waals surface area contributed by atoms with Gasteiger partial charge in [-0.05, 0) is 36.8 Å². The first-order chi connectivity index (χ1) is 14.7. The fourth-order valence-electron chi connectivity index (χ4n) is 3.25. The van der Waals surface area contributed by atoms with Crippen LogP contribution in [0.4, 0.5) is 18.9 Å². The van der Waals surface area contributed by atoms with Crippen molar-refractivity contribution in [3.8, 4) is 11.1 Å². The van der Waals surface area contributed by atoms with Crippen LogP contribution in [-0.2, 0) is 6.18 Å². The summed E-state index contributed by atoms with van der Waals surface area (Å²) in [7, 11) is 0. The van der Waals surface area contributed by atoms with Gasteiger partial charge < -0.3 is 5.32 Å². The lowest BCUT2D eigenvalue weighted by Gasteiger charge is -2.08. The Kier molecular flexibility index (Phi) is 5.06. The molecular weight excluding hydrogens is 433 g/mol. The van der Waals surface area contributed by atoms with Crippen molar-refractivity contribution in [3.05, 3.63) is 86.9 Å². The second-order valence-electron chi connectivity index (χ2n) is 6.72. The Balaban J connectivity index is 1.90. The summed E-state index contributed by atoms with van der Waals surface area (Å²) in [5, 5.41) is 5.07. The number of hydrogen-bond donors (Lipinski definition) is 2. The first-order valence-corrected chi connectivity index (χ1v) is 9.39. The van der Waals surface area contributed by atoms with Gasteiger partial charge >= 0.3 is 6.18 Å². The molecule has 0 radical (unpaired) electrons. The number of fused-ring (bicyclic) bond motifs is 1. The molecule has 1 amide bonds. The van der Waals surface area contributed by atoms with Crippen LogP contribution in [-0.4, -0.2) is 20.5 Å². The lowest BCUT2D eigenvalue weighted by Crippen LogP contribution is -2.29. The van der Waals surface area contributed by atoms with E-state index < -0.39 is 23.3 Å². The summed E-state index contributed by atoms with van der Waals surface area (Å²) in [5.41, 5.74) is -2.32. The highest BCUT2D eigenvalue weighted by atomic mass is 35.5. The van der Waals surface area contributed by atoms with Gasteiger partial charge in [0.05, 0.1) is 11.3 Å². The quantitative estimate of drug-likeness (QED) is 0.468. The second kappa shape index (κ2) is 7.59. The Bertz CT molecular complexity index is 1340. The number of carbonyl (C=O) groups excluding carboxylic acids is 1. The maximum atomic E-state index is 13.7. The maximum absolute atomic E-state index is 13.7. The standard InChI is InChI=1S/C21H14ClF3N4O2/c1-11-15(19(30)27-14-9-7-13(22)8-10-14)20(31)29-18(26-11)16(12-5-3-2-4-6-12)17(28-29)21(23,24)25/h2-10,28H,1H3,(H,27,30). The van der Waals surface area contributed by atoms with Crippen LogP contribution < -0.4 is 10.9 Å². The van der Waals surface area contributed by atoms with Gasteiger partial charge in [0.2, 0.25) is 0 Å². The molecule has 2 heterocycles. The van der Waals surface area contributed by atoms with Crippen LogP contribution in [0.3, 0.4) is 0 Å². The third-order valence-electron chi connectivity index (χ3n) is 4.64. The van der Waals surface area contributed by atoms with E-state index in [1.807, 2.05) is 0 Å². The third-order valence-corrected chi connectivity index (χ3v) is 4.89. The summed E-state index contributed by atoms with van der Waals surface area (Å²) in [5.74, 6) is -0.795. The van der Waals surface area contributed by atoms with Crippen molar-refractivity contribution >= 4 is 28.8 Å². The molecule has 0 fully saturated rings. The predicted molar refractivity (Wildman–Crippen MR) is 110 cm³/mol. The molecule has 2 N–H and O–H groups in total. The van der Waals surface area contributed by atoms with Crippen molar-refractivity contribution in [3.63, 3.8) is 0 Å². The van der Waals surface area contributed by atoms with Gasteiger partial charge in [-0.15, -0.1) is 0 Å². The van der Waals surface area contributed by atoms with Crippen molar-refractivity contribution in [1.82, 2.24) is 14.6 Å². The number of hydrogen-bond acceptors (Lipinski definition) is 3. The molecule has 0 saturated heterocycles. The van der Waals surface area contributed by atoms with Crippen molar-refractivity contribution in [2.24, 2.45) is 0 Å². The molecule has 0 unspecified atom stereocenters. The molecule has 0 spiro atoms. The van der Waals surface area contributed by atoms with Gasteiger partial charge in [-0.1, -0.05) is 41.9 Å². The number of nitrogens with zero attached hydrogens (tertiary/aromatic N) is 2. The number of H-pyrrole nitrogens is 1. The average Bonchev–Trinajstić information content (AvgIpc) is 3.10. The first-order valence-electron chi connectivity index (χ1n) is 9.01. The lowest BCUT2D eigenvalue weighted by molar-refractivity contribution is -0.140. The minimum absolute atomic E-state index is 0.00127. The molecule has 31 heavy (non-hydrogen) atoms. The van der Waals surface area contributed by atoms with Crippen molar-refractivity contribution < 1.29 is 18.0 Å². The Hall–Kier alpha value is -3.59. The summed E-state index contributed by atoms with van der Waals surface area (Å²) in [4.78, 5) is 29.9. The molecule has 0 aliphatic carbocycles. The van der Waals surface area contributed by atoms with E-state index in [2.05, 4.69) is 15.4 Å². The van der Waals surface area contributed by atoms with Crippen molar-refractivity contribution in [1.29, 1.82) is 0 Å². The molecule has 6 nitrogen and oxygen atoms in total. The summed E-state index contributed by atoms with van der Waals surface area (Å²) < 4.78 is 41.8. The molecule has 2 aromatic carbocycles. The number of anilines is 1. The highest BCUT2D eigenvalue weighted by Gasteiger charge is 2.38. The third kappa shape index (κ3) is 3.79. The number of benzene rings is 2. The SMILES string of the molecule is Cc1nc2c(-c3ccccc3)c(C(F)(F)F)[nH]n2c(=O)c1C(=O)Nc1ccc(Cl)cc1. The van der Waals surface area contributed by atoms with E-state index in [9.17, 15) is 22.8 Å². The molecule has 4 rings (SSSR count). The van der Waals surface area contributed by atoms with E-state index in [1.165, 1.54) is 31.2 Å². The summed E-state index contributed by atoms with van der Waals surface area (Å²) >= 11 is 5.81. The zero-order chi connectivity index (χ0) is 22.3. The minimum Gasteiger partial charge on any atom is -0.322 e. The maximum Gasteiger partial charge on any atom is 0.433 e. The zero-order valence-corrected chi connectivity index (χ0v) is 16.7. The molecule has 0 aliphatic heterocycles. The molecule has 0 saturated carbocycles. The summed E-state index contributed by atoms with van der Waals surface area (Å²) in [6, 6.07) is 14.0. The number of aromatic amines is 1. The second-order valence-corrected chi connectivity index (χ2v) is 7.16. The van der Waals surface area contributed by atoms with Gasteiger partial charge in [-0.25, -0.2) is 4.98 Å². The molecular formula is C21H14ClF3N4O2. The first kappa shape index (κ1) is 20.7. The average molecular weight is 447 g/mol. The van der Waals surface area contributed by atoms with Gasteiger partial charge in [-0.3, -0.25) is 14.7 Å². The minimum atomic E-state index is -4.77. The van der Waals surface area contributed by atoms with Crippen LogP contribution in [0.2, 0.25) is 5.02 Å². The van der Waals surface area contributed by atoms with Crippen LogP contribution in [0.25, 0.3) is 16.8 Å². The van der Waals surface area contributed by atoms with E-state index >= 15 is 0 Å². The fraction of sp³-hybridized carbons (Fsp3) is 0.0952. The number of amides is 1. The lowest BCUT2D eigenvalue weighted by atomic mass is 10.1. The highest BCUT2D eigenvalue weighted by Crippen LogP contribution is 2.38. The number of nitrogens with one attached hydrogen (secondary N) is 2. The fourth-order valence-corrected chi connectivity index (χ4v) is 3.38. The highest BCUT2D eigenvalue weighted by molar-refractivity contribution is 6.30. The van der Waals surface area contributed by atoms with Gasteiger partial charge in [0, 0.05) is 10.7 Å². The topological polar surface area (TPSA) is 79.3 Å². The Morgan fingerprint density at radius 3 is 2.35 bits per heavy atom. The van der Waals surface area contributed by atoms with Gasteiger partial charge in [0.15, 0.2) is 5.65 Å². The van der Waals surface area contributed by atoms with Crippen LogP contribution in [0, 0.1) is 6.92 Å². The number of aromatic nitrogens is 3. The number of rotatable bonds is 3. The van der Waals surface area contributed by atoms with Crippen LogP contribution >= 0.6 is 11.6 Å². The Morgan fingerprint density at radius 1 is 1.10 bits per heavy atom. The predicted octanol–water partition coefficient (Wildman–Crippen LogP) is 4.92.